The number of allylic oxidation sites excluding steroid dienone is 1. The van der Waals surface area contributed by atoms with Gasteiger partial charge in [0.1, 0.15) is 0 Å². The summed E-state index contributed by atoms with van der Waals surface area (Å²) in [6, 6.07) is 1.79. The van der Waals surface area contributed by atoms with E-state index in [9.17, 15) is 0 Å². The first-order valence-electron chi connectivity index (χ1n) is 8.44. The van der Waals surface area contributed by atoms with E-state index in [1.807, 2.05) is 13.1 Å². The third-order valence-corrected chi connectivity index (χ3v) is 4.67. The Kier molecular flexibility index (Phi) is 6.00. The molecule has 0 aromatic heterocycles. The molecule has 1 aliphatic carbocycles. The highest BCUT2D eigenvalue weighted by Crippen LogP contribution is 2.24. The van der Waals surface area contributed by atoms with E-state index in [2.05, 4.69) is 54.5 Å². The fraction of sp³-hybridized carbons (Fsp3) is 0.765. The highest BCUT2D eigenvalue weighted by atomic mass is 15.2. The lowest BCUT2D eigenvalue weighted by molar-refractivity contribution is 0.217. The van der Waals surface area contributed by atoms with Crippen molar-refractivity contribution in [1.29, 1.82) is 0 Å². The van der Waals surface area contributed by atoms with Crippen LogP contribution in [0.25, 0.3) is 0 Å². The summed E-state index contributed by atoms with van der Waals surface area (Å²) in [7, 11) is 4.34. The second kappa shape index (κ2) is 7.77. The number of hydrogen-bond acceptors (Lipinski definition) is 3. The molecule has 0 bridgehead atoms. The van der Waals surface area contributed by atoms with Crippen molar-refractivity contribution in [3.63, 3.8) is 0 Å². The average molecular weight is 305 g/mol. The van der Waals surface area contributed by atoms with Crippen molar-refractivity contribution < 1.29 is 0 Å². The third kappa shape index (κ3) is 4.57. The third-order valence-electron chi connectivity index (χ3n) is 4.67. The van der Waals surface area contributed by atoms with Gasteiger partial charge in [0.15, 0.2) is 0 Å². The van der Waals surface area contributed by atoms with E-state index in [0.717, 1.165) is 18.8 Å². The normalized spacial score (nSPS) is 30.7. The predicted octanol–water partition coefficient (Wildman–Crippen LogP) is 2.16. The molecular formula is C17H31N5. The SMILES string of the molecule is CC=NC(=NC1CCC(N(C)C)CC1)N[C@@H](C)C1C=C(C)N1. The van der Waals surface area contributed by atoms with E-state index < -0.39 is 0 Å². The Labute approximate surface area is 135 Å². The summed E-state index contributed by atoms with van der Waals surface area (Å²) in [6.07, 6.45) is 8.83. The minimum Gasteiger partial charge on any atom is -0.380 e. The lowest BCUT2D eigenvalue weighted by Crippen LogP contribution is -2.51. The van der Waals surface area contributed by atoms with Crippen LogP contribution in [0.2, 0.25) is 0 Å². The van der Waals surface area contributed by atoms with Crippen LogP contribution in [0.1, 0.15) is 46.5 Å². The van der Waals surface area contributed by atoms with Gasteiger partial charge in [-0.1, -0.05) is 0 Å². The van der Waals surface area contributed by atoms with E-state index in [4.69, 9.17) is 4.99 Å². The van der Waals surface area contributed by atoms with Crippen molar-refractivity contribution in [2.75, 3.05) is 14.1 Å². The van der Waals surface area contributed by atoms with Crippen LogP contribution < -0.4 is 10.6 Å². The van der Waals surface area contributed by atoms with Gasteiger partial charge in [-0.2, -0.15) is 0 Å². The minimum atomic E-state index is 0.296. The zero-order valence-electron chi connectivity index (χ0n) is 14.6. The molecule has 124 valence electrons. The standard InChI is InChI=1S/C17H31N5/c1-6-18-17(20-13(3)16-11-12(2)19-16)21-14-7-9-15(10-8-14)22(4)5/h6,11,13-16,19H,7-10H2,1-5H3,(H,20,21)/t13-,14?,15?,16?/m0/s1. The fourth-order valence-electron chi connectivity index (χ4n) is 3.20. The zero-order chi connectivity index (χ0) is 16.1. The van der Waals surface area contributed by atoms with Crippen LogP contribution in [-0.4, -0.2) is 55.3 Å². The lowest BCUT2D eigenvalue weighted by atomic mass is 9.91. The molecule has 1 unspecified atom stereocenters. The summed E-state index contributed by atoms with van der Waals surface area (Å²) < 4.78 is 0. The first-order valence-corrected chi connectivity index (χ1v) is 8.44. The highest BCUT2D eigenvalue weighted by molar-refractivity contribution is 5.87. The van der Waals surface area contributed by atoms with Gasteiger partial charge >= 0.3 is 0 Å². The summed E-state index contributed by atoms with van der Waals surface area (Å²) in [6.45, 7) is 6.20. The van der Waals surface area contributed by atoms with Crippen molar-refractivity contribution in [2.45, 2.75) is 70.6 Å². The van der Waals surface area contributed by atoms with Crippen molar-refractivity contribution in [2.24, 2.45) is 9.98 Å². The van der Waals surface area contributed by atoms with Gasteiger partial charge in [-0.3, -0.25) is 0 Å². The molecule has 1 saturated carbocycles. The van der Waals surface area contributed by atoms with Crippen LogP contribution in [0.15, 0.2) is 21.8 Å². The van der Waals surface area contributed by atoms with Crippen LogP contribution in [-0.2, 0) is 0 Å². The molecule has 5 nitrogen and oxygen atoms in total. The molecule has 2 N–H and O–H groups in total. The maximum Gasteiger partial charge on any atom is 0.218 e. The van der Waals surface area contributed by atoms with Crippen LogP contribution in [0, 0.1) is 0 Å². The Morgan fingerprint density at radius 1 is 1.36 bits per heavy atom. The quantitative estimate of drug-likeness (QED) is 0.618. The smallest absolute Gasteiger partial charge is 0.218 e. The number of nitrogens with zero attached hydrogens (tertiary/aromatic N) is 3. The van der Waals surface area contributed by atoms with E-state index in [-0.39, 0.29) is 0 Å². The van der Waals surface area contributed by atoms with Crippen molar-refractivity contribution in [3.05, 3.63) is 11.8 Å². The topological polar surface area (TPSA) is 52.0 Å². The predicted molar refractivity (Wildman–Crippen MR) is 94.6 cm³/mol. The van der Waals surface area contributed by atoms with Gasteiger partial charge < -0.3 is 15.5 Å². The second-order valence-corrected chi connectivity index (χ2v) is 6.72. The molecule has 2 aliphatic rings. The van der Waals surface area contributed by atoms with Gasteiger partial charge in [0.25, 0.3) is 0 Å². The van der Waals surface area contributed by atoms with Crippen LogP contribution in [0.4, 0.5) is 0 Å². The Bertz CT molecular complexity index is 444. The number of nitrogens with one attached hydrogen (secondary N) is 2. The van der Waals surface area contributed by atoms with Crippen LogP contribution >= 0.6 is 0 Å². The molecule has 0 aromatic rings. The van der Waals surface area contributed by atoms with Gasteiger partial charge in [-0.05, 0) is 66.6 Å². The number of guanidine groups is 1. The molecule has 0 saturated heterocycles. The van der Waals surface area contributed by atoms with E-state index in [1.165, 1.54) is 18.5 Å². The molecule has 2 atom stereocenters. The van der Waals surface area contributed by atoms with Crippen LogP contribution in [0.5, 0.6) is 0 Å². The Balaban J connectivity index is 1.90. The Hall–Kier alpha value is -1.36. The van der Waals surface area contributed by atoms with Gasteiger partial charge in [-0.15, -0.1) is 0 Å². The molecule has 0 amide bonds. The Morgan fingerprint density at radius 3 is 2.50 bits per heavy atom. The summed E-state index contributed by atoms with van der Waals surface area (Å²) >= 11 is 0. The maximum atomic E-state index is 4.86. The first kappa shape index (κ1) is 17.0. The number of hydrogen-bond donors (Lipinski definition) is 2. The molecule has 2 rings (SSSR count). The molecule has 1 fully saturated rings. The van der Waals surface area contributed by atoms with Gasteiger partial charge in [-0.25, -0.2) is 9.98 Å². The first-order chi connectivity index (χ1) is 10.5. The molecule has 1 heterocycles. The fourth-order valence-corrected chi connectivity index (χ4v) is 3.20. The number of aliphatic imine (C=N–C) groups is 2. The zero-order valence-corrected chi connectivity index (χ0v) is 14.6. The van der Waals surface area contributed by atoms with Gasteiger partial charge in [0.05, 0.1) is 12.1 Å². The summed E-state index contributed by atoms with van der Waals surface area (Å²) in [5.74, 6) is 0.781. The van der Waals surface area contributed by atoms with Crippen molar-refractivity contribution in [3.8, 4) is 0 Å². The Morgan fingerprint density at radius 2 is 2.00 bits per heavy atom. The lowest BCUT2D eigenvalue weighted by Gasteiger charge is -2.33. The molecule has 22 heavy (non-hydrogen) atoms. The molecule has 1 aliphatic heterocycles. The molecule has 5 heteroatoms. The highest BCUT2D eigenvalue weighted by Gasteiger charge is 2.24. The maximum absolute atomic E-state index is 4.86. The molecule has 0 radical (unpaired) electrons. The molecule has 0 aromatic carbocycles. The summed E-state index contributed by atoms with van der Waals surface area (Å²) in [5.41, 5.74) is 1.25. The van der Waals surface area contributed by atoms with E-state index in [1.54, 1.807) is 0 Å². The number of rotatable bonds is 4. The van der Waals surface area contributed by atoms with Gasteiger partial charge in [0.2, 0.25) is 5.96 Å². The summed E-state index contributed by atoms with van der Waals surface area (Å²) in [4.78, 5) is 11.6. The molecule has 0 spiro atoms. The monoisotopic (exact) mass is 305 g/mol. The van der Waals surface area contributed by atoms with E-state index in [0.29, 0.717) is 24.2 Å². The molecular weight excluding hydrogens is 274 g/mol. The van der Waals surface area contributed by atoms with Crippen molar-refractivity contribution >= 4 is 12.2 Å². The largest absolute Gasteiger partial charge is 0.380 e. The second-order valence-electron chi connectivity index (χ2n) is 6.72. The van der Waals surface area contributed by atoms with E-state index >= 15 is 0 Å². The minimum absolute atomic E-state index is 0.296. The average Bonchev–Trinajstić information content (AvgIpc) is 2.44. The van der Waals surface area contributed by atoms with Gasteiger partial charge in [0, 0.05) is 24.0 Å². The van der Waals surface area contributed by atoms with Crippen molar-refractivity contribution in [1.82, 2.24) is 15.5 Å². The summed E-state index contributed by atoms with van der Waals surface area (Å²) in [5, 5.41) is 6.85. The van der Waals surface area contributed by atoms with Crippen LogP contribution in [0.3, 0.4) is 0 Å².